The highest BCUT2D eigenvalue weighted by Crippen LogP contribution is 2.43. The zero-order chi connectivity index (χ0) is 34.8. The van der Waals surface area contributed by atoms with E-state index in [1.54, 1.807) is 6.08 Å². The van der Waals surface area contributed by atoms with Crippen molar-refractivity contribution in [3.8, 4) is 11.1 Å². The SMILES string of the molecule is C=C/C=C\C(=C)C1=c2ccccc2=NC(n2c3ccccc3c3cc(-c4cc5c(c6ccccc46)c4ccccc4n5C4=CCCC=C4)ccc32)N1. The second-order valence-electron chi connectivity index (χ2n) is 13.6. The van der Waals surface area contributed by atoms with Crippen LogP contribution < -0.4 is 15.9 Å². The summed E-state index contributed by atoms with van der Waals surface area (Å²) >= 11 is 0. The summed E-state index contributed by atoms with van der Waals surface area (Å²) in [6, 6.07) is 44.0. The van der Waals surface area contributed by atoms with E-state index in [1.807, 2.05) is 24.3 Å². The van der Waals surface area contributed by atoms with Crippen LogP contribution in [0.5, 0.6) is 0 Å². The van der Waals surface area contributed by atoms with E-state index >= 15 is 0 Å². The van der Waals surface area contributed by atoms with Gasteiger partial charge < -0.3 is 14.5 Å². The lowest BCUT2D eigenvalue weighted by molar-refractivity contribution is 0.489. The normalized spacial score (nSPS) is 15.7. The fraction of sp³-hybridized carbons (Fsp3) is 0.0625. The molecule has 1 N–H and O–H groups in total. The smallest absolute Gasteiger partial charge is 0.201 e. The fourth-order valence-corrected chi connectivity index (χ4v) is 8.37. The Morgan fingerprint density at radius 2 is 1.44 bits per heavy atom. The predicted octanol–water partition coefficient (Wildman–Crippen LogP) is 10.7. The molecule has 4 nitrogen and oxygen atoms in total. The summed E-state index contributed by atoms with van der Waals surface area (Å²) in [4.78, 5) is 5.26. The minimum Gasteiger partial charge on any atom is -0.345 e. The van der Waals surface area contributed by atoms with E-state index < -0.39 is 0 Å². The number of aromatic nitrogens is 2. The molecule has 0 spiro atoms. The van der Waals surface area contributed by atoms with Gasteiger partial charge in [-0.05, 0) is 82.8 Å². The van der Waals surface area contributed by atoms with Crippen LogP contribution in [-0.4, -0.2) is 9.13 Å². The van der Waals surface area contributed by atoms with Crippen molar-refractivity contribution in [1.82, 2.24) is 14.5 Å². The molecule has 0 fully saturated rings. The molecule has 2 aromatic heterocycles. The topological polar surface area (TPSA) is 34.2 Å². The first kappa shape index (κ1) is 30.2. The van der Waals surface area contributed by atoms with Crippen molar-refractivity contribution in [1.29, 1.82) is 0 Å². The van der Waals surface area contributed by atoms with Gasteiger partial charge in [-0.3, -0.25) is 0 Å². The number of para-hydroxylation sites is 3. The van der Waals surface area contributed by atoms with E-state index in [9.17, 15) is 0 Å². The maximum Gasteiger partial charge on any atom is 0.201 e. The lowest BCUT2D eigenvalue weighted by Gasteiger charge is -2.25. The third-order valence-electron chi connectivity index (χ3n) is 10.6. The molecule has 0 amide bonds. The zero-order valence-corrected chi connectivity index (χ0v) is 28.8. The summed E-state index contributed by atoms with van der Waals surface area (Å²) in [5, 5.41) is 13.2. The quantitative estimate of drug-likeness (QED) is 0.176. The summed E-state index contributed by atoms with van der Waals surface area (Å²) in [6.45, 7) is 8.26. The Bertz CT molecular complexity index is 3030. The van der Waals surface area contributed by atoms with Crippen LogP contribution in [0.25, 0.3) is 76.9 Å². The molecule has 1 aliphatic heterocycles. The van der Waals surface area contributed by atoms with Gasteiger partial charge in [-0.15, -0.1) is 0 Å². The van der Waals surface area contributed by atoms with Gasteiger partial charge in [0.25, 0.3) is 0 Å². The van der Waals surface area contributed by atoms with Crippen molar-refractivity contribution in [2.24, 2.45) is 4.99 Å². The predicted molar refractivity (Wildman–Crippen MR) is 219 cm³/mol. The molecule has 2 aliphatic rings. The van der Waals surface area contributed by atoms with Crippen LogP contribution in [0.1, 0.15) is 19.1 Å². The molecule has 4 heteroatoms. The van der Waals surface area contributed by atoms with Gasteiger partial charge in [-0.25, -0.2) is 4.99 Å². The van der Waals surface area contributed by atoms with Crippen LogP contribution in [0.2, 0.25) is 0 Å². The van der Waals surface area contributed by atoms with E-state index in [0.29, 0.717) is 0 Å². The summed E-state index contributed by atoms with van der Waals surface area (Å²) in [5.74, 6) is 0. The number of nitrogens with one attached hydrogen (secondary N) is 1. The molecule has 0 bridgehead atoms. The highest BCUT2D eigenvalue weighted by Gasteiger charge is 2.23. The average molecular weight is 669 g/mol. The monoisotopic (exact) mass is 668 g/mol. The Morgan fingerprint density at radius 1 is 0.712 bits per heavy atom. The average Bonchev–Trinajstić information content (AvgIpc) is 3.72. The second kappa shape index (κ2) is 12.0. The van der Waals surface area contributed by atoms with E-state index in [0.717, 1.165) is 45.7 Å². The molecule has 8 aromatic rings. The third-order valence-corrected chi connectivity index (χ3v) is 10.6. The van der Waals surface area contributed by atoms with Crippen molar-refractivity contribution in [3.63, 3.8) is 0 Å². The van der Waals surface area contributed by atoms with E-state index in [4.69, 9.17) is 4.99 Å². The van der Waals surface area contributed by atoms with Gasteiger partial charge in [0, 0.05) is 32.5 Å². The van der Waals surface area contributed by atoms with Crippen molar-refractivity contribution in [2.75, 3.05) is 0 Å². The van der Waals surface area contributed by atoms with E-state index in [2.05, 4.69) is 155 Å². The summed E-state index contributed by atoms with van der Waals surface area (Å²) in [7, 11) is 0. The molecule has 1 aliphatic carbocycles. The molecule has 0 saturated heterocycles. The van der Waals surface area contributed by atoms with Gasteiger partial charge >= 0.3 is 0 Å². The van der Waals surface area contributed by atoms with Crippen molar-refractivity contribution in [2.45, 2.75) is 19.1 Å². The van der Waals surface area contributed by atoms with Crippen LogP contribution in [0.4, 0.5) is 0 Å². The molecule has 10 rings (SSSR count). The van der Waals surface area contributed by atoms with Gasteiger partial charge in [-0.1, -0.05) is 128 Å². The van der Waals surface area contributed by atoms with Gasteiger partial charge in [0.2, 0.25) is 6.29 Å². The lowest BCUT2D eigenvalue weighted by Crippen LogP contribution is -2.41. The highest BCUT2D eigenvalue weighted by molar-refractivity contribution is 6.25. The molecule has 1 unspecified atom stereocenters. The third kappa shape index (κ3) is 4.58. The summed E-state index contributed by atoms with van der Waals surface area (Å²) in [5.41, 5.74) is 10.2. The molecular weight excluding hydrogens is 633 g/mol. The number of allylic oxidation sites excluding steroid dienone is 6. The van der Waals surface area contributed by atoms with Crippen LogP contribution in [0.3, 0.4) is 0 Å². The fourth-order valence-electron chi connectivity index (χ4n) is 8.37. The van der Waals surface area contributed by atoms with Crippen LogP contribution in [0, 0.1) is 0 Å². The van der Waals surface area contributed by atoms with Crippen molar-refractivity contribution >= 4 is 65.8 Å². The first-order chi connectivity index (χ1) is 25.7. The molecule has 52 heavy (non-hydrogen) atoms. The van der Waals surface area contributed by atoms with E-state index in [1.165, 1.54) is 60.2 Å². The Labute approximate surface area is 301 Å². The molecule has 6 aromatic carbocycles. The number of benzene rings is 6. The summed E-state index contributed by atoms with van der Waals surface area (Å²) < 4.78 is 4.79. The Kier molecular flexibility index (Phi) is 6.97. The van der Waals surface area contributed by atoms with Crippen LogP contribution in [0.15, 0.2) is 182 Å². The van der Waals surface area contributed by atoms with Crippen molar-refractivity contribution < 1.29 is 0 Å². The maximum atomic E-state index is 5.26. The van der Waals surface area contributed by atoms with Gasteiger partial charge in [0.15, 0.2) is 0 Å². The first-order valence-electron chi connectivity index (χ1n) is 18.0. The minimum atomic E-state index is -0.364. The second-order valence-corrected chi connectivity index (χ2v) is 13.6. The van der Waals surface area contributed by atoms with Crippen LogP contribution in [-0.2, 0) is 0 Å². The molecule has 0 saturated carbocycles. The van der Waals surface area contributed by atoms with E-state index in [-0.39, 0.29) is 6.29 Å². The number of fused-ring (bicyclic) bond motifs is 9. The summed E-state index contributed by atoms with van der Waals surface area (Å²) in [6.07, 6.45) is 14.4. The number of hydrogen-bond donors (Lipinski definition) is 1. The Balaban J connectivity index is 1.21. The van der Waals surface area contributed by atoms with Gasteiger partial charge in [0.05, 0.1) is 33.1 Å². The molecule has 3 heterocycles. The number of hydrogen-bond acceptors (Lipinski definition) is 2. The molecule has 248 valence electrons. The molecule has 0 radical (unpaired) electrons. The maximum absolute atomic E-state index is 5.26. The lowest BCUT2D eigenvalue weighted by atomic mass is 9.94. The van der Waals surface area contributed by atoms with Crippen LogP contribution >= 0.6 is 0 Å². The zero-order valence-electron chi connectivity index (χ0n) is 28.8. The minimum absolute atomic E-state index is 0.364. The largest absolute Gasteiger partial charge is 0.345 e. The standard InChI is InChI=1S/C48H36N4/c1-3-4-16-31(2)47-37-22-10-13-24-41(37)49-48(50-47)52-42-25-14-11-20-35(42)40-29-32(27-28-44(40)52)39-30-45-46(36-21-9-8-19-34(36)39)38-23-12-15-26-43(38)51(45)33-17-6-5-7-18-33/h3-4,6,8-30,48,50H,1-2,5,7H2/b16-4-. The van der Waals surface area contributed by atoms with Crippen molar-refractivity contribution in [3.05, 3.63) is 187 Å². The first-order valence-corrected chi connectivity index (χ1v) is 18.0. The Morgan fingerprint density at radius 3 is 2.27 bits per heavy atom. The van der Waals surface area contributed by atoms with Gasteiger partial charge in [-0.2, -0.15) is 0 Å². The highest BCUT2D eigenvalue weighted by atomic mass is 15.3. The number of nitrogens with zero attached hydrogens (tertiary/aromatic N) is 3. The number of rotatable bonds is 6. The molecule has 1 atom stereocenters. The molecular formula is C48H36N4. The van der Waals surface area contributed by atoms with Gasteiger partial charge in [0.1, 0.15) is 0 Å². The Hall–Kier alpha value is -6.65.